The van der Waals surface area contributed by atoms with Gasteiger partial charge in [-0.1, -0.05) is 0 Å². The Labute approximate surface area is 61.5 Å². The monoisotopic (exact) mass is 159 g/mol. The Morgan fingerprint density at radius 1 is 1.10 bits per heavy atom. The average Bonchev–Trinajstić information content (AvgIpc) is 2.32. The molecule has 0 aliphatic heterocycles. The molecule has 10 heavy (non-hydrogen) atoms. The molecule has 0 amide bonds. The van der Waals surface area contributed by atoms with Crippen LogP contribution in [-0.2, 0) is 9.84 Å². The molecule has 0 bridgehead atoms. The molecule has 0 aromatic rings. The normalized spacial score (nSPS) is 28.0. The van der Waals surface area contributed by atoms with Gasteiger partial charge >= 0.3 is 0 Å². The lowest BCUT2D eigenvalue weighted by Gasteiger charge is -2.24. The average molecular weight is 159 g/mol. The van der Waals surface area contributed by atoms with Crippen molar-refractivity contribution in [3.8, 4) is 0 Å². The summed E-state index contributed by atoms with van der Waals surface area (Å²) in [6.07, 6.45) is 5.49. The minimum atomic E-state index is -2.66. The van der Waals surface area contributed by atoms with E-state index in [1.165, 1.54) is 0 Å². The Kier molecular flexibility index (Phi) is 1.31. The van der Waals surface area contributed by atoms with Gasteiger partial charge in [-0.25, -0.2) is 8.42 Å². The minimum Gasteiger partial charge on any atom is -0.228 e. The summed E-state index contributed by atoms with van der Waals surface area (Å²) < 4.78 is 22.7. The first kappa shape index (κ1) is 6.65. The third-order valence-corrected chi connectivity index (χ3v) is 5.03. The third-order valence-electron chi connectivity index (χ3n) is 2.31. The molecule has 0 aromatic heterocycles. The molecule has 2 aliphatic carbocycles. The summed E-state index contributed by atoms with van der Waals surface area (Å²) in [4.78, 5) is 0. The van der Waals surface area contributed by atoms with E-state index in [1.54, 1.807) is 0 Å². The predicted octanol–water partition coefficient (Wildman–Crippen LogP) is 0.930. The summed E-state index contributed by atoms with van der Waals surface area (Å²) in [6, 6.07) is 0. The molecule has 57 valence electrons. The molecule has 3 heteroatoms. The number of sulfone groups is 1. The van der Waals surface area contributed by atoms with E-state index in [1.807, 2.05) is 6.42 Å². The zero-order chi connectivity index (χ0) is 7.19. The van der Waals surface area contributed by atoms with Crippen molar-refractivity contribution in [2.75, 3.05) is 0 Å². The van der Waals surface area contributed by atoms with Crippen LogP contribution in [0.2, 0.25) is 0 Å². The highest BCUT2D eigenvalue weighted by atomic mass is 32.2. The van der Waals surface area contributed by atoms with Crippen LogP contribution in [0.25, 0.3) is 0 Å². The van der Waals surface area contributed by atoms with Gasteiger partial charge < -0.3 is 0 Å². The van der Waals surface area contributed by atoms with Crippen LogP contribution in [0.4, 0.5) is 0 Å². The lowest BCUT2D eigenvalue weighted by atomic mass is 10.0. The van der Waals surface area contributed by atoms with E-state index in [9.17, 15) is 8.42 Å². The second-order valence-corrected chi connectivity index (χ2v) is 5.68. The first-order valence-corrected chi connectivity index (χ1v) is 5.36. The van der Waals surface area contributed by atoms with Crippen LogP contribution < -0.4 is 0 Å². The lowest BCUT2D eigenvalue weighted by molar-refractivity contribution is 0.547. The maximum absolute atomic E-state index is 11.4. The van der Waals surface area contributed by atoms with Gasteiger partial charge in [-0.05, 0) is 32.1 Å². The quantitative estimate of drug-likeness (QED) is 0.600. The Morgan fingerprint density at radius 3 is 2.00 bits per heavy atom. The van der Waals surface area contributed by atoms with Crippen molar-refractivity contribution in [3.63, 3.8) is 0 Å². The van der Waals surface area contributed by atoms with Crippen LogP contribution in [0, 0.1) is 6.42 Å². The van der Waals surface area contributed by atoms with Crippen molar-refractivity contribution in [3.05, 3.63) is 6.42 Å². The van der Waals surface area contributed by atoms with E-state index < -0.39 is 9.84 Å². The number of hydrogen-bond donors (Lipinski definition) is 0. The maximum Gasteiger partial charge on any atom is 0.156 e. The molecule has 0 aromatic carbocycles. The van der Waals surface area contributed by atoms with E-state index in [2.05, 4.69) is 0 Å². The smallest absolute Gasteiger partial charge is 0.156 e. The van der Waals surface area contributed by atoms with Gasteiger partial charge in [0.2, 0.25) is 0 Å². The van der Waals surface area contributed by atoms with Gasteiger partial charge in [-0.3, -0.25) is 0 Å². The Bertz CT molecular complexity index is 222. The van der Waals surface area contributed by atoms with Crippen molar-refractivity contribution in [1.82, 2.24) is 0 Å². The van der Waals surface area contributed by atoms with Gasteiger partial charge in [0.05, 0.1) is 10.5 Å². The van der Waals surface area contributed by atoms with Crippen molar-refractivity contribution in [2.45, 2.75) is 36.2 Å². The zero-order valence-corrected chi connectivity index (χ0v) is 6.60. The highest BCUT2D eigenvalue weighted by molar-refractivity contribution is 7.93. The van der Waals surface area contributed by atoms with Gasteiger partial charge in [0.25, 0.3) is 0 Å². The van der Waals surface area contributed by atoms with E-state index in [-0.39, 0.29) is 10.5 Å². The largest absolute Gasteiger partial charge is 0.228 e. The van der Waals surface area contributed by atoms with E-state index >= 15 is 0 Å². The molecular weight excluding hydrogens is 148 g/mol. The lowest BCUT2D eigenvalue weighted by Crippen LogP contribution is -2.31. The van der Waals surface area contributed by atoms with Gasteiger partial charge in [-0.2, -0.15) is 0 Å². The Hall–Kier alpha value is -0.0500. The number of rotatable bonds is 2. The van der Waals surface area contributed by atoms with Crippen molar-refractivity contribution < 1.29 is 8.42 Å². The van der Waals surface area contributed by atoms with E-state index in [0.29, 0.717) is 0 Å². The summed E-state index contributed by atoms with van der Waals surface area (Å²) in [7, 11) is -2.66. The van der Waals surface area contributed by atoms with Crippen molar-refractivity contribution in [1.29, 1.82) is 0 Å². The first-order chi connectivity index (χ1) is 4.71. The summed E-state index contributed by atoms with van der Waals surface area (Å²) in [6.45, 7) is 0. The summed E-state index contributed by atoms with van der Waals surface area (Å²) in [5.74, 6) is 0. The molecular formula is C7H11O2S. The maximum atomic E-state index is 11.4. The van der Waals surface area contributed by atoms with Crippen LogP contribution in [0.1, 0.15) is 25.7 Å². The molecule has 2 aliphatic rings. The fourth-order valence-corrected chi connectivity index (χ4v) is 3.39. The molecule has 0 spiro atoms. The molecule has 0 N–H and O–H groups in total. The molecule has 1 radical (unpaired) electrons. The van der Waals surface area contributed by atoms with Crippen LogP contribution in [-0.4, -0.2) is 18.9 Å². The second-order valence-electron chi connectivity index (χ2n) is 3.17. The minimum absolute atomic E-state index is 0.000000000000000444. The molecule has 0 atom stereocenters. The summed E-state index contributed by atoms with van der Waals surface area (Å²) >= 11 is 0. The van der Waals surface area contributed by atoms with Crippen LogP contribution in [0.5, 0.6) is 0 Å². The van der Waals surface area contributed by atoms with Crippen molar-refractivity contribution in [2.24, 2.45) is 0 Å². The molecule has 2 saturated carbocycles. The highest BCUT2D eigenvalue weighted by Gasteiger charge is 2.43. The summed E-state index contributed by atoms with van der Waals surface area (Å²) in [5.41, 5.74) is 0. The molecule has 2 nitrogen and oxygen atoms in total. The van der Waals surface area contributed by atoms with Gasteiger partial charge in [-0.15, -0.1) is 0 Å². The van der Waals surface area contributed by atoms with Crippen molar-refractivity contribution >= 4 is 9.84 Å². The van der Waals surface area contributed by atoms with Crippen LogP contribution in [0.15, 0.2) is 0 Å². The van der Waals surface area contributed by atoms with Crippen LogP contribution in [0.3, 0.4) is 0 Å². The molecule has 0 saturated heterocycles. The van der Waals surface area contributed by atoms with E-state index in [0.717, 1.165) is 25.7 Å². The van der Waals surface area contributed by atoms with E-state index in [4.69, 9.17) is 0 Å². The molecule has 0 unspecified atom stereocenters. The molecule has 2 rings (SSSR count). The SMILES string of the molecule is O=S(=O)(C1C[CH]C1)C1CC1. The fourth-order valence-electron chi connectivity index (χ4n) is 1.24. The van der Waals surface area contributed by atoms with Gasteiger partial charge in [0, 0.05) is 0 Å². The topological polar surface area (TPSA) is 34.1 Å². The Balaban J connectivity index is 2.12. The third kappa shape index (κ3) is 0.875. The fraction of sp³-hybridized carbons (Fsp3) is 0.857. The van der Waals surface area contributed by atoms with Crippen LogP contribution >= 0.6 is 0 Å². The number of hydrogen-bond acceptors (Lipinski definition) is 2. The summed E-state index contributed by atoms with van der Waals surface area (Å²) in [5, 5.41) is 0.0474. The standard InChI is InChI=1S/C7H11O2S/c8-10(9,7-4-5-7)6-2-1-3-6/h1,6-7H,2-5H2. The molecule has 2 fully saturated rings. The molecule has 0 heterocycles. The predicted molar refractivity (Wildman–Crippen MR) is 39.3 cm³/mol. The second kappa shape index (κ2) is 1.97. The highest BCUT2D eigenvalue weighted by Crippen LogP contribution is 2.37. The van der Waals surface area contributed by atoms with Gasteiger partial charge in [0.1, 0.15) is 0 Å². The first-order valence-electron chi connectivity index (χ1n) is 3.75. The Morgan fingerprint density at radius 2 is 1.70 bits per heavy atom. The van der Waals surface area contributed by atoms with Gasteiger partial charge in [0.15, 0.2) is 9.84 Å². The zero-order valence-electron chi connectivity index (χ0n) is 5.79.